The Hall–Kier alpha value is -2.11. The van der Waals surface area contributed by atoms with E-state index in [4.69, 9.17) is 5.73 Å². The van der Waals surface area contributed by atoms with Crippen LogP contribution in [0.3, 0.4) is 0 Å². The Kier molecular flexibility index (Phi) is 4.45. The number of aryl methyl sites for hydroxylation is 1. The van der Waals surface area contributed by atoms with Gasteiger partial charge in [0.25, 0.3) is 0 Å². The summed E-state index contributed by atoms with van der Waals surface area (Å²) in [7, 11) is 0. The number of nitrogens with two attached hydrogens (primary N) is 1. The molecule has 1 unspecified atom stereocenters. The van der Waals surface area contributed by atoms with Crippen LogP contribution >= 0.6 is 0 Å². The van der Waals surface area contributed by atoms with Gasteiger partial charge in [0.2, 0.25) is 0 Å². The van der Waals surface area contributed by atoms with Gasteiger partial charge in [-0.15, -0.1) is 0 Å². The number of aromatic nitrogens is 6. The molecule has 0 saturated carbocycles. The summed E-state index contributed by atoms with van der Waals surface area (Å²) in [5, 5.41) is 11.8. The molecule has 0 saturated heterocycles. The standard InChI is InChI=1S/C12H13N8.Re/c1-6(9-10(13)15-4-3-14-9)17-11-8-5-16-20-12(8)19-7(2)18-11;/h3-6H,1-2H3,(H3-,13,15,16,17,18,19,20);/q-1;. The summed E-state index contributed by atoms with van der Waals surface area (Å²) in [6.45, 7) is 3.74. The molecule has 3 heterocycles. The fourth-order valence-corrected chi connectivity index (χ4v) is 1.98. The molecular weight excluding hydrogens is 442 g/mol. The Bertz CT molecular complexity index is 756. The van der Waals surface area contributed by atoms with Gasteiger partial charge in [-0.05, 0) is 19.5 Å². The molecule has 3 N–H and O–H groups in total. The minimum atomic E-state index is -0.143. The van der Waals surface area contributed by atoms with Crippen molar-refractivity contribution in [3.8, 4) is 0 Å². The van der Waals surface area contributed by atoms with Crippen LogP contribution < -0.4 is 16.1 Å². The molecule has 0 bridgehead atoms. The van der Waals surface area contributed by atoms with E-state index < -0.39 is 0 Å². The fraction of sp³-hybridized carbons (Fsp3) is 0.250. The van der Waals surface area contributed by atoms with Crippen molar-refractivity contribution in [1.82, 2.24) is 30.1 Å². The van der Waals surface area contributed by atoms with Crippen molar-refractivity contribution in [2.45, 2.75) is 19.9 Å². The van der Waals surface area contributed by atoms with Gasteiger partial charge >= 0.3 is 0 Å². The molecule has 0 aliphatic rings. The second kappa shape index (κ2) is 6.12. The van der Waals surface area contributed by atoms with Crippen LogP contribution in [0.5, 0.6) is 0 Å². The first-order valence-corrected chi connectivity index (χ1v) is 6.11. The molecule has 3 aromatic heterocycles. The predicted octanol–water partition coefficient (Wildman–Crippen LogP) is 0.833. The van der Waals surface area contributed by atoms with E-state index in [1.165, 1.54) is 0 Å². The number of nitrogens with zero attached hydrogens (tertiary/aromatic N) is 6. The van der Waals surface area contributed by atoms with Crippen LogP contribution in [-0.4, -0.2) is 25.0 Å². The molecule has 1 radical (unpaired) electrons. The molecule has 0 aliphatic carbocycles. The molecular formula is C12H13N8Re-. The third-order valence-electron chi connectivity index (χ3n) is 2.90. The number of hydrogen-bond acceptors (Lipinski definition) is 7. The van der Waals surface area contributed by atoms with E-state index in [1.807, 2.05) is 6.92 Å². The smallest absolute Gasteiger partial charge is 0.147 e. The molecule has 9 heteroatoms. The van der Waals surface area contributed by atoms with Crippen LogP contribution in [0.25, 0.3) is 11.0 Å². The number of anilines is 2. The van der Waals surface area contributed by atoms with Crippen molar-refractivity contribution in [3.05, 3.63) is 30.1 Å². The van der Waals surface area contributed by atoms with Gasteiger partial charge in [0.1, 0.15) is 17.3 Å². The van der Waals surface area contributed by atoms with Gasteiger partial charge in [0.15, 0.2) is 0 Å². The summed E-state index contributed by atoms with van der Waals surface area (Å²) in [6, 6.07) is -0.143. The zero-order valence-electron chi connectivity index (χ0n) is 11.4. The van der Waals surface area contributed by atoms with Crippen molar-refractivity contribution in [2.24, 2.45) is 0 Å². The summed E-state index contributed by atoms with van der Waals surface area (Å²) in [5.41, 5.74) is 7.07. The average molecular weight is 455 g/mol. The van der Waals surface area contributed by atoms with E-state index in [-0.39, 0.29) is 26.5 Å². The maximum atomic E-state index is 5.83. The van der Waals surface area contributed by atoms with E-state index in [2.05, 4.69) is 35.5 Å². The number of nitrogens with one attached hydrogen (secondary N) is 1. The molecule has 0 aromatic carbocycles. The second-order valence-corrected chi connectivity index (χ2v) is 4.39. The van der Waals surface area contributed by atoms with E-state index >= 15 is 0 Å². The topological polar surface area (TPSA) is 117 Å². The van der Waals surface area contributed by atoms with E-state index in [0.29, 0.717) is 28.8 Å². The van der Waals surface area contributed by atoms with Gasteiger partial charge in [-0.2, -0.15) is 0 Å². The number of hydrogen-bond donors (Lipinski definition) is 2. The zero-order chi connectivity index (χ0) is 14.1. The van der Waals surface area contributed by atoms with Crippen molar-refractivity contribution in [2.75, 3.05) is 11.1 Å². The Balaban J connectivity index is 0.00000161. The first-order chi connectivity index (χ1) is 9.65. The molecule has 3 rings (SSSR count). The monoisotopic (exact) mass is 456 g/mol. The normalized spacial score (nSPS) is 11.9. The fourth-order valence-electron chi connectivity index (χ4n) is 1.98. The minimum Gasteiger partial charge on any atom is -0.422 e. The Labute approximate surface area is 134 Å². The number of rotatable bonds is 3. The minimum absolute atomic E-state index is 0. The maximum absolute atomic E-state index is 5.83. The molecule has 0 spiro atoms. The van der Waals surface area contributed by atoms with Crippen LogP contribution in [0.15, 0.2) is 18.6 Å². The van der Waals surface area contributed by atoms with Crippen LogP contribution in [0.2, 0.25) is 0 Å². The van der Waals surface area contributed by atoms with Crippen LogP contribution in [0, 0.1) is 6.92 Å². The molecule has 21 heavy (non-hydrogen) atoms. The van der Waals surface area contributed by atoms with Crippen molar-refractivity contribution in [3.63, 3.8) is 0 Å². The van der Waals surface area contributed by atoms with Crippen molar-refractivity contribution >= 4 is 22.7 Å². The van der Waals surface area contributed by atoms with Crippen molar-refractivity contribution in [1.29, 1.82) is 0 Å². The van der Waals surface area contributed by atoms with E-state index in [1.54, 1.807) is 25.5 Å². The summed E-state index contributed by atoms with van der Waals surface area (Å²) < 4.78 is 0. The Morgan fingerprint density at radius 1 is 1.24 bits per heavy atom. The van der Waals surface area contributed by atoms with Crippen molar-refractivity contribution < 1.29 is 20.4 Å². The average Bonchev–Trinajstić information content (AvgIpc) is 2.87. The Morgan fingerprint density at radius 3 is 2.76 bits per heavy atom. The Morgan fingerprint density at radius 2 is 2.00 bits per heavy atom. The summed E-state index contributed by atoms with van der Waals surface area (Å²) >= 11 is 0. The maximum Gasteiger partial charge on any atom is 0.147 e. The van der Waals surface area contributed by atoms with Gasteiger partial charge in [-0.25, -0.2) is 9.97 Å². The zero-order valence-corrected chi connectivity index (χ0v) is 14.2. The van der Waals surface area contributed by atoms with Gasteiger partial charge in [0.05, 0.1) is 6.04 Å². The first kappa shape index (κ1) is 15.3. The third-order valence-corrected chi connectivity index (χ3v) is 2.90. The first-order valence-electron chi connectivity index (χ1n) is 6.11. The second-order valence-electron chi connectivity index (χ2n) is 4.39. The molecule has 3 aromatic rings. The van der Waals surface area contributed by atoms with E-state index in [0.717, 1.165) is 5.39 Å². The SMILES string of the molecule is Cc1nc(NC(C)c2nccnc2N)c2cn[n-]c2n1.[Re]. The summed E-state index contributed by atoms with van der Waals surface area (Å²) in [6.07, 6.45) is 4.80. The van der Waals surface area contributed by atoms with Crippen LogP contribution in [-0.2, 0) is 20.4 Å². The molecule has 0 aliphatic heterocycles. The summed E-state index contributed by atoms with van der Waals surface area (Å²) in [5.74, 6) is 1.68. The molecule has 1 atom stereocenters. The molecule has 0 fully saturated rings. The van der Waals surface area contributed by atoms with Gasteiger partial charge in [-0.3, -0.25) is 10.1 Å². The largest absolute Gasteiger partial charge is 0.422 e. The van der Waals surface area contributed by atoms with Gasteiger partial charge < -0.3 is 21.1 Å². The van der Waals surface area contributed by atoms with Crippen LogP contribution in [0.4, 0.5) is 11.6 Å². The molecule has 0 amide bonds. The third kappa shape index (κ3) is 2.99. The molecule has 109 valence electrons. The van der Waals surface area contributed by atoms with Gasteiger partial charge in [-0.1, -0.05) is 0 Å². The summed E-state index contributed by atoms with van der Waals surface area (Å²) in [4.78, 5) is 16.9. The van der Waals surface area contributed by atoms with E-state index in [9.17, 15) is 0 Å². The number of nitrogen functional groups attached to an aromatic ring is 1. The van der Waals surface area contributed by atoms with Gasteiger partial charge in [0, 0.05) is 50.2 Å². The predicted molar refractivity (Wildman–Crippen MR) is 73.9 cm³/mol. The quantitative estimate of drug-likeness (QED) is 0.597. The number of fused-ring (bicyclic) bond motifs is 1. The molecule has 8 nitrogen and oxygen atoms in total. The van der Waals surface area contributed by atoms with Crippen LogP contribution in [0.1, 0.15) is 24.5 Å².